The maximum atomic E-state index is 10.2. The van der Waals surface area contributed by atoms with Crippen LogP contribution in [0.1, 0.15) is 18.4 Å². The largest absolute Gasteiger partial charge is 0.492 e. The van der Waals surface area contributed by atoms with Gasteiger partial charge < -0.3 is 19.7 Å². The van der Waals surface area contributed by atoms with E-state index in [1.165, 1.54) is 25.9 Å². The quantitative estimate of drug-likeness (QED) is 0.755. The number of likely N-dealkylation sites (tertiary alicyclic amines) is 1. The number of rotatable bonds is 7. The van der Waals surface area contributed by atoms with Crippen LogP contribution in [-0.2, 0) is 11.3 Å². The van der Waals surface area contributed by atoms with Crippen LogP contribution in [0.5, 0.6) is 5.75 Å². The highest BCUT2D eigenvalue weighted by molar-refractivity contribution is 5.28. The minimum Gasteiger partial charge on any atom is -0.492 e. The van der Waals surface area contributed by atoms with Gasteiger partial charge in [0, 0.05) is 13.1 Å². The third-order valence-corrected chi connectivity index (χ3v) is 5.14. The lowest BCUT2D eigenvalue weighted by Gasteiger charge is -2.37. The van der Waals surface area contributed by atoms with Gasteiger partial charge in [-0.05, 0) is 50.7 Å². The fourth-order valence-corrected chi connectivity index (χ4v) is 3.59. The maximum absolute atomic E-state index is 10.2. The molecule has 0 amide bonds. The van der Waals surface area contributed by atoms with Gasteiger partial charge in [-0.15, -0.1) is 0 Å². The molecule has 2 aliphatic heterocycles. The second kappa shape index (κ2) is 8.96. The van der Waals surface area contributed by atoms with Crippen LogP contribution < -0.4 is 4.74 Å². The number of aliphatic hydroxyl groups is 2. The first-order chi connectivity index (χ1) is 12.1. The van der Waals surface area contributed by atoms with Gasteiger partial charge in [-0.1, -0.05) is 12.1 Å². The van der Waals surface area contributed by atoms with Gasteiger partial charge in [-0.25, -0.2) is 0 Å². The topological polar surface area (TPSA) is 65.4 Å². The third-order valence-electron chi connectivity index (χ3n) is 5.14. The van der Waals surface area contributed by atoms with Crippen molar-refractivity contribution >= 4 is 0 Å². The minimum absolute atomic E-state index is 0.200. The summed E-state index contributed by atoms with van der Waals surface area (Å²) in [6, 6.07) is 7.87. The first-order valence-corrected chi connectivity index (χ1v) is 9.21. The number of hydrogen-bond donors (Lipinski definition) is 2. The predicted molar refractivity (Wildman–Crippen MR) is 95.7 cm³/mol. The molecular formula is C19H30N2O4. The Labute approximate surface area is 149 Å². The molecule has 6 nitrogen and oxygen atoms in total. The number of aliphatic hydroxyl groups excluding tert-OH is 2. The molecule has 2 heterocycles. The predicted octanol–water partition coefficient (Wildman–Crippen LogP) is 0.714. The molecular weight excluding hydrogens is 320 g/mol. The summed E-state index contributed by atoms with van der Waals surface area (Å²) in [6.45, 7) is 5.36. The standard InChI is InChI=1S/C19H30N2O4/c1-20(17-13-24-14-18(22)19(17)23)12-15-5-4-6-16(11-15)25-10-9-21-7-2-3-8-21/h4-6,11,17-19,22-23H,2-3,7-10,12-14H2,1H3/t17-,18-,19+/m1/s1. The molecule has 0 bridgehead atoms. The average Bonchev–Trinajstić information content (AvgIpc) is 3.11. The molecule has 2 N–H and O–H groups in total. The zero-order valence-corrected chi connectivity index (χ0v) is 15.0. The molecule has 2 aliphatic rings. The molecule has 0 radical (unpaired) electrons. The van der Waals surface area contributed by atoms with Crippen LogP contribution in [0.4, 0.5) is 0 Å². The lowest BCUT2D eigenvalue weighted by Crippen LogP contribution is -2.54. The lowest BCUT2D eigenvalue weighted by molar-refractivity contribution is -0.129. The van der Waals surface area contributed by atoms with Crippen LogP contribution >= 0.6 is 0 Å². The van der Waals surface area contributed by atoms with Crippen LogP contribution in [0, 0.1) is 0 Å². The molecule has 140 valence electrons. The summed E-state index contributed by atoms with van der Waals surface area (Å²) >= 11 is 0. The highest BCUT2D eigenvalue weighted by Crippen LogP contribution is 2.19. The Balaban J connectivity index is 1.50. The molecule has 3 rings (SSSR count). The van der Waals surface area contributed by atoms with Gasteiger partial charge in [0.1, 0.15) is 18.5 Å². The fourth-order valence-electron chi connectivity index (χ4n) is 3.59. The van der Waals surface area contributed by atoms with Gasteiger partial charge >= 0.3 is 0 Å². The Hall–Kier alpha value is -1.18. The summed E-state index contributed by atoms with van der Waals surface area (Å²) in [5.41, 5.74) is 1.12. The number of benzene rings is 1. The molecule has 3 atom stereocenters. The van der Waals surface area contributed by atoms with E-state index in [0.29, 0.717) is 19.8 Å². The number of ether oxygens (including phenoxy) is 2. The normalized spacial score (nSPS) is 27.8. The van der Waals surface area contributed by atoms with Gasteiger partial charge in [-0.3, -0.25) is 9.80 Å². The Kier molecular flexibility index (Phi) is 6.67. The van der Waals surface area contributed by atoms with E-state index in [1.807, 2.05) is 30.1 Å². The molecule has 0 spiro atoms. The molecule has 0 unspecified atom stereocenters. The van der Waals surface area contributed by atoms with Crippen molar-refractivity contribution in [1.82, 2.24) is 9.80 Å². The van der Waals surface area contributed by atoms with Gasteiger partial charge in [0.15, 0.2) is 0 Å². The van der Waals surface area contributed by atoms with Crippen molar-refractivity contribution in [2.75, 3.05) is 46.5 Å². The molecule has 2 fully saturated rings. The Morgan fingerprint density at radius 2 is 2.04 bits per heavy atom. The van der Waals surface area contributed by atoms with E-state index >= 15 is 0 Å². The van der Waals surface area contributed by atoms with Crippen molar-refractivity contribution in [3.8, 4) is 5.75 Å². The Morgan fingerprint density at radius 3 is 2.84 bits per heavy atom. The van der Waals surface area contributed by atoms with Crippen LogP contribution in [0.2, 0.25) is 0 Å². The summed E-state index contributed by atoms with van der Waals surface area (Å²) in [7, 11) is 1.94. The van der Waals surface area contributed by atoms with Crippen molar-refractivity contribution in [3.63, 3.8) is 0 Å². The van der Waals surface area contributed by atoms with E-state index in [9.17, 15) is 10.2 Å². The first-order valence-electron chi connectivity index (χ1n) is 9.21. The second-order valence-electron chi connectivity index (χ2n) is 7.12. The molecule has 0 aromatic heterocycles. The van der Waals surface area contributed by atoms with Crippen LogP contribution in [0.3, 0.4) is 0 Å². The maximum Gasteiger partial charge on any atom is 0.119 e. The number of hydrogen-bond acceptors (Lipinski definition) is 6. The van der Waals surface area contributed by atoms with Crippen molar-refractivity contribution in [1.29, 1.82) is 0 Å². The Bertz CT molecular complexity index is 536. The van der Waals surface area contributed by atoms with Crippen LogP contribution in [0.15, 0.2) is 24.3 Å². The molecule has 25 heavy (non-hydrogen) atoms. The molecule has 0 aliphatic carbocycles. The van der Waals surface area contributed by atoms with E-state index in [1.54, 1.807) is 0 Å². The van der Waals surface area contributed by atoms with Gasteiger partial charge in [-0.2, -0.15) is 0 Å². The molecule has 2 saturated heterocycles. The van der Waals surface area contributed by atoms with Crippen molar-refractivity contribution in [3.05, 3.63) is 29.8 Å². The summed E-state index contributed by atoms with van der Waals surface area (Å²) in [5.74, 6) is 0.880. The smallest absolute Gasteiger partial charge is 0.119 e. The summed E-state index contributed by atoms with van der Waals surface area (Å²) in [5, 5.41) is 19.9. The highest BCUT2D eigenvalue weighted by atomic mass is 16.5. The van der Waals surface area contributed by atoms with Gasteiger partial charge in [0.05, 0.1) is 25.4 Å². The fraction of sp³-hybridized carbons (Fsp3) is 0.684. The second-order valence-corrected chi connectivity index (χ2v) is 7.12. The monoisotopic (exact) mass is 350 g/mol. The minimum atomic E-state index is -0.818. The summed E-state index contributed by atoms with van der Waals surface area (Å²) in [4.78, 5) is 4.46. The van der Waals surface area contributed by atoms with Gasteiger partial charge in [0.2, 0.25) is 0 Å². The number of nitrogens with zero attached hydrogens (tertiary/aromatic N) is 2. The van der Waals surface area contributed by atoms with E-state index in [-0.39, 0.29) is 12.6 Å². The van der Waals surface area contributed by atoms with Crippen molar-refractivity contribution in [2.24, 2.45) is 0 Å². The average molecular weight is 350 g/mol. The van der Waals surface area contributed by atoms with Crippen molar-refractivity contribution in [2.45, 2.75) is 37.6 Å². The third kappa shape index (κ3) is 5.15. The van der Waals surface area contributed by atoms with Gasteiger partial charge in [0.25, 0.3) is 0 Å². The molecule has 6 heteroatoms. The van der Waals surface area contributed by atoms with E-state index in [4.69, 9.17) is 9.47 Å². The zero-order valence-electron chi connectivity index (χ0n) is 15.0. The summed E-state index contributed by atoms with van der Waals surface area (Å²) < 4.78 is 11.3. The van der Waals surface area contributed by atoms with Crippen LogP contribution in [-0.4, -0.2) is 84.8 Å². The number of likely N-dealkylation sites (N-methyl/N-ethyl adjacent to an activating group) is 1. The van der Waals surface area contributed by atoms with E-state index < -0.39 is 12.2 Å². The molecule has 0 saturated carbocycles. The first kappa shape index (κ1) is 18.6. The molecule has 1 aromatic carbocycles. The lowest BCUT2D eigenvalue weighted by atomic mass is 10.0. The summed E-state index contributed by atoms with van der Waals surface area (Å²) in [6.07, 6.45) is 1.00. The van der Waals surface area contributed by atoms with Crippen LogP contribution in [0.25, 0.3) is 0 Å². The van der Waals surface area contributed by atoms with Crippen molar-refractivity contribution < 1.29 is 19.7 Å². The molecule has 1 aromatic rings. The zero-order chi connectivity index (χ0) is 17.6. The van der Waals surface area contributed by atoms with E-state index in [0.717, 1.165) is 17.9 Å². The highest BCUT2D eigenvalue weighted by Gasteiger charge is 2.33. The Morgan fingerprint density at radius 1 is 1.24 bits per heavy atom. The SMILES string of the molecule is CN(Cc1cccc(OCCN2CCCC2)c1)[C@@H]1COC[C@@H](O)[C@H]1O. The van der Waals surface area contributed by atoms with E-state index in [2.05, 4.69) is 11.0 Å².